The number of nitrogens with zero attached hydrogens (tertiary/aromatic N) is 2. The SMILES string of the molecule is CNc1cc(C(=O)N2CCC(C)(C)CC2)c(Cl)cn1. The van der Waals surface area contributed by atoms with Gasteiger partial charge in [0.05, 0.1) is 10.6 Å². The molecule has 0 spiro atoms. The van der Waals surface area contributed by atoms with E-state index in [0.717, 1.165) is 25.9 Å². The maximum atomic E-state index is 12.5. The van der Waals surface area contributed by atoms with Gasteiger partial charge in [0.25, 0.3) is 5.91 Å². The Kier molecular flexibility index (Phi) is 3.99. The summed E-state index contributed by atoms with van der Waals surface area (Å²) in [6.07, 6.45) is 3.58. The van der Waals surface area contributed by atoms with Crippen LogP contribution in [0.5, 0.6) is 0 Å². The van der Waals surface area contributed by atoms with Gasteiger partial charge in [0, 0.05) is 26.3 Å². The van der Waals surface area contributed by atoms with E-state index in [1.54, 1.807) is 13.1 Å². The number of carbonyl (C=O) groups is 1. The molecular weight excluding hydrogens is 262 g/mol. The Balaban J connectivity index is 2.16. The lowest BCUT2D eigenvalue weighted by molar-refractivity contribution is 0.0630. The molecular formula is C14H20ClN3O. The number of amides is 1. The fourth-order valence-corrected chi connectivity index (χ4v) is 2.41. The van der Waals surface area contributed by atoms with Gasteiger partial charge in [0.2, 0.25) is 0 Å². The molecule has 104 valence electrons. The summed E-state index contributed by atoms with van der Waals surface area (Å²) in [4.78, 5) is 18.5. The molecule has 1 amide bonds. The molecule has 19 heavy (non-hydrogen) atoms. The maximum Gasteiger partial charge on any atom is 0.255 e. The number of hydrogen-bond acceptors (Lipinski definition) is 3. The molecule has 0 unspecified atom stereocenters. The van der Waals surface area contributed by atoms with Crippen LogP contribution in [0.4, 0.5) is 5.82 Å². The highest BCUT2D eigenvalue weighted by atomic mass is 35.5. The number of halogens is 1. The largest absolute Gasteiger partial charge is 0.373 e. The van der Waals surface area contributed by atoms with Crippen molar-refractivity contribution < 1.29 is 4.79 Å². The summed E-state index contributed by atoms with van der Waals surface area (Å²) in [6.45, 7) is 6.07. The third-order valence-corrected chi connectivity index (χ3v) is 4.05. The Morgan fingerprint density at radius 2 is 2.05 bits per heavy atom. The lowest BCUT2D eigenvalue weighted by Crippen LogP contribution is -2.41. The second-order valence-electron chi connectivity index (χ2n) is 5.76. The molecule has 1 aliphatic heterocycles. The predicted octanol–water partition coefficient (Wildman–Crippen LogP) is 3.04. The minimum Gasteiger partial charge on any atom is -0.373 e. The van der Waals surface area contributed by atoms with E-state index in [4.69, 9.17) is 11.6 Å². The first kappa shape index (κ1) is 14.1. The van der Waals surface area contributed by atoms with Crippen LogP contribution in [-0.4, -0.2) is 35.9 Å². The van der Waals surface area contributed by atoms with Crippen LogP contribution in [0.15, 0.2) is 12.3 Å². The van der Waals surface area contributed by atoms with Crippen LogP contribution in [0.1, 0.15) is 37.0 Å². The number of piperidine rings is 1. The Labute approximate surface area is 119 Å². The molecule has 4 nitrogen and oxygen atoms in total. The molecule has 2 rings (SSSR count). The molecule has 2 heterocycles. The standard InChI is InChI=1S/C14H20ClN3O/c1-14(2)4-6-18(7-5-14)13(19)10-8-12(16-3)17-9-11(10)15/h8-9H,4-7H2,1-3H3,(H,16,17). The van der Waals surface area contributed by atoms with Crippen molar-refractivity contribution in [1.29, 1.82) is 0 Å². The lowest BCUT2D eigenvalue weighted by atomic mass is 9.82. The van der Waals surface area contributed by atoms with Crippen molar-refractivity contribution in [1.82, 2.24) is 9.88 Å². The van der Waals surface area contributed by atoms with Crippen LogP contribution in [-0.2, 0) is 0 Å². The number of nitrogens with one attached hydrogen (secondary N) is 1. The molecule has 0 aromatic carbocycles. The van der Waals surface area contributed by atoms with Gasteiger partial charge >= 0.3 is 0 Å². The van der Waals surface area contributed by atoms with Crippen LogP contribution in [0.2, 0.25) is 5.02 Å². The van der Waals surface area contributed by atoms with Gasteiger partial charge in [-0.05, 0) is 24.3 Å². The van der Waals surface area contributed by atoms with Crippen LogP contribution in [0, 0.1) is 5.41 Å². The van der Waals surface area contributed by atoms with Gasteiger partial charge in [-0.25, -0.2) is 4.98 Å². The van der Waals surface area contributed by atoms with Gasteiger partial charge in [0.1, 0.15) is 5.82 Å². The number of pyridine rings is 1. The number of carbonyl (C=O) groups excluding carboxylic acids is 1. The van der Waals surface area contributed by atoms with Gasteiger partial charge in [-0.3, -0.25) is 4.79 Å². The minimum absolute atomic E-state index is 0.000556. The van der Waals surface area contributed by atoms with Crippen molar-refractivity contribution in [2.45, 2.75) is 26.7 Å². The van der Waals surface area contributed by atoms with E-state index in [0.29, 0.717) is 21.8 Å². The average molecular weight is 282 g/mol. The summed E-state index contributed by atoms with van der Waals surface area (Å²) in [6, 6.07) is 1.71. The van der Waals surface area contributed by atoms with Gasteiger partial charge in [-0.15, -0.1) is 0 Å². The van der Waals surface area contributed by atoms with Crippen LogP contribution in [0.25, 0.3) is 0 Å². The first-order chi connectivity index (χ1) is 8.93. The highest BCUT2D eigenvalue weighted by Gasteiger charge is 2.29. The summed E-state index contributed by atoms with van der Waals surface area (Å²) in [7, 11) is 1.77. The fraction of sp³-hybridized carbons (Fsp3) is 0.571. The summed E-state index contributed by atoms with van der Waals surface area (Å²) < 4.78 is 0. The summed E-state index contributed by atoms with van der Waals surface area (Å²) >= 11 is 6.09. The summed E-state index contributed by atoms with van der Waals surface area (Å²) in [5, 5.41) is 3.34. The van der Waals surface area contributed by atoms with Crippen LogP contribution < -0.4 is 5.32 Å². The minimum atomic E-state index is -0.000556. The average Bonchev–Trinajstić information content (AvgIpc) is 2.38. The van der Waals surface area contributed by atoms with Crippen LogP contribution >= 0.6 is 11.6 Å². The Hall–Kier alpha value is -1.29. The quantitative estimate of drug-likeness (QED) is 0.906. The molecule has 1 aromatic heterocycles. The number of aromatic nitrogens is 1. The Morgan fingerprint density at radius 3 is 2.63 bits per heavy atom. The summed E-state index contributed by atoms with van der Waals surface area (Å²) in [5.41, 5.74) is 0.857. The predicted molar refractivity (Wildman–Crippen MR) is 77.7 cm³/mol. The highest BCUT2D eigenvalue weighted by molar-refractivity contribution is 6.33. The first-order valence-corrected chi connectivity index (χ1v) is 6.93. The van der Waals surface area contributed by atoms with Crippen molar-refractivity contribution in [3.8, 4) is 0 Å². The van der Waals surface area contributed by atoms with E-state index in [1.807, 2.05) is 4.90 Å². The topological polar surface area (TPSA) is 45.2 Å². The van der Waals surface area contributed by atoms with E-state index in [1.165, 1.54) is 6.20 Å². The number of hydrogen-bond donors (Lipinski definition) is 1. The molecule has 1 saturated heterocycles. The van der Waals surface area contributed by atoms with E-state index >= 15 is 0 Å². The number of anilines is 1. The highest BCUT2D eigenvalue weighted by Crippen LogP contribution is 2.31. The van der Waals surface area contributed by atoms with E-state index in [2.05, 4.69) is 24.1 Å². The number of rotatable bonds is 2. The molecule has 1 aromatic rings. The van der Waals surface area contributed by atoms with E-state index in [9.17, 15) is 4.79 Å². The fourth-order valence-electron chi connectivity index (χ4n) is 2.22. The summed E-state index contributed by atoms with van der Waals surface area (Å²) in [5.74, 6) is 0.657. The zero-order valence-corrected chi connectivity index (χ0v) is 12.4. The van der Waals surface area contributed by atoms with Crippen molar-refractivity contribution in [2.24, 2.45) is 5.41 Å². The molecule has 0 bridgehead atoms. The molecule has 1 N–H and O–H groups in total. The smallest absolute Gasteiger partial charge is 0.255 e. The third kappa shape index (κ3) is 3.18. The molecule has 1 aliphatic rings. The Bertz CT molecular complexity index is 478. The zero-order valence-electron chi connectivity index (χ0n) is 11.7. The van der Waals surface area contributed by atoms with Crippen molar-refractivity contribution in [3.63, 3.8) is 0 Å². The molecule has 1 fully saturated rings. The third-order valence-electron chi connectivity index (χ3n) is 3.75. The zero-order chi connectivity index (χ0) is 14.0. The first-order valence-electron chi connectivity index (χ1n) is 6.55. The lowest BCUT2D eigenvalue weighted by Gasteiger charge is -2.37. The Morgan fingerprint density at radius 1 is 1.42 bits per heavy atom. The number of likely N-dealkylation sites (tertiary alicyclic amines) is 1. The van der Waals surface area contributed by atoms with E-state index in [-0.39, 0.29) is 5.91 Å². The normalized spacial score (nSPS) is 18.2. The van der Waals surface area contributed by atoms with Crippen molar-refractivity contribution in [2.75, 3.05) is 25.5 Å². The van der Waals surface area contributed by atoms with E-state index < -0.39 is 0 Å². The van der Waals surface area contributed by atoms with Crippen LogP contribution in [0.3, 0.4) is 0 Å². The van der Waals surface area contributed by atoms with Gasteiger partial charge in [-0.2, -0.15) is 0 Å². The second kappa shape index (κ2) is 5.37. The van der Waals surface area contributed by atoms with Gasteiger partial charge in [-0.1, -0.05) is 25.4 Å². The molecule has 5 heteroatoms. The van der Waals surface area contributed by atoms with Gasteiger partial charge in [0.15, 0.2) is 0 Å². The molecule has 0 aliphatic carbocycles. The second-order valence-corrected chi connectivity index (χ2v) is 6.16. The van der Waals surface area contributed by atoms with Gasteiger partial charge < -0.3 is 10.2 Å². The van der Waals surface area contributed by atoms with Crippen molar-refractivity contribution >= 4 is 23.3 Å². The maximum absolute atomic E-state index is 12.5. The monoisotopic (exact) mass is 281 g/mol. The molecule has 0 radical (unpaired) electrons. The molecule has 0 saturated carbocycles. The molecule has 0 atom stereocenters. The van der Waals surface area contributed by atoms with Crippen molar-refractivity contribution in [3.05, 3.63) is 22.8 Å².